The van der Waals surface area contributed by atoms with Gasteiger partial charge in [0.15, 0.2) is 0 Å². The number of rotatable bonds is 4. The van der Waals surface area contributed by atoms with Gasteiger partial charge in [-0.1, -0.05) is 0 Å². The van der Waals surface area contributed by atoms with E-state index in [1.165, 1.54) is 18.6 Å². The van der Waals surface area contributed by atoms with Crippen LogP contribution in [0.1, 0.15) is 18.4 Å². The Hall–Kier alpha value is -2.80. The molecular weight excluding hydrogens is 335 g/mol. The van der Waals surface area contributed by atoms with Crippen LogP contribution in [0.4, 0.5) is 15.9 Å². The highest BCUT2D eigenvalue weighted by atomic mass is 19.1. The Labute approximate surface area is 150 Å². The van der Waals surface area contributed by atoms with Crippen LogP contribution in [0.5, 0.6) is 5.75 Å². The van der Waals surface area contributed by atoms with Crippen molar-refractivity contribution in [1.29, 1.82) is 0 Å². The zero-order valence-electron chi connectivity index (χ0n) is 14.4. The first-order chi connectivity index (χ1) is 12.7. The maximum Gasteiger partial charge on any atom is 0.213 e. The number of halogens is 1. The molecule has 0 unspecified atom stereocenters. The number of hydrogen-bond donors (Lipinski definition) is 1. The molecule has 1 N–H and O–H groups in total. The summed E-state index contributed by atoms with van der Waals surface area (Å²) in [5, 5.41) is 3.80. The molecule has 1 saturated heterocycles. The second-order valence-electron chi connectivity index (χ2n) is 6.31. The molecule has 0 amide bonds. The zero-order chi connectivity index (χ0) is 17.9. The zero-order valence-corrected chi connectivity index (χ0v) is 14.4. The standard InChI is InChI=1S/C19H19FN4O2/c1-12-7-13(4-5-17(12)26-14-3-2-6-25-10-14)24-19-15-8-18(20)21-9-16(15)22-11-23-19/h4-5,7-9,11,14H,2-3,6,10H2,1H3,(H,22,23,24)/t14-/m1/s1. The third kappa shape index (κ3) is 3.57. The predicted molar refractivity (Wildman–Crippen MR) is 96.2 cm³/mol. The van der Waals surface area contributed by atoms with E-state index in [9.17, 15) is 4.39 Å². The summed E-state index contributed by atoms with van der Waals surface area (Å²) < 4.78 is 25.0. The van der Waals surface area contributed by atoms with Gasteiger partial charge in [0.1, 0.15) is 24.0 Å². The lowest BCUT2D eigenvalue weighted by molar-refractivity contribution is 0.00716. The average molecular weight is 354 g/mol. The number of benzene rings is 1. The van der Waals surface area contributed by atoms with Gasteiger partial charge < -0.3 is 14.8 Å². The first-order valence-corrected chi connectivity index (χ1v) is 8.57. The fraction of sp³-hybridized carbons (Fsp3) is 0.316. The maximum atomic E-state index is 13.5. The van der Waals surface area contributed by atoms with Crippen LogP contribution >= 0.6 is 0 Å². The summed E-state index contributed by atoms with van der Waals surface area (Å²) in [5.41, 5.74) is 2.43. The molecule has 1 atom stereocenters. The molecule has 7 heteroatoms. The fourth-order valence-corrected chi connectivity index (χ4v) is 3.01. The summed E-state index contributed by atoms with van der Waals surface area (Å²) in [5.74, 6) is 0.809. The number of pyridine rings is 1. The molecule has 2 aromatic heterocycles. The van der Waals surface area contributed by atoms with Crippen LogP contribution in [0.2, 0.25) is 0 Å². The van der Waals surface area contributed by atoms with Crippen molar-refractivity contribution in [2.24, 2.45) is 0 Å². The maximum absolute atomic E-state index is 13.5. The number of anilines is 2. The Morgan fingerprint density at radius 3 is 2.96 bits per heavy atom. The van der Waals surface area contributed by atoms with Crippen molar-refractivity contribution >= 4 is 22.4 Å². The summed E-state index contributed by atoms with van der Waals surface area (Å²) in [6.07, 6.45) is 4.95. The highest BCUT2D eigenvalue weighted by Crippen LogP contribution is 2.28. The van der Waals surface area contributed by atoms with E-state index in [1.807, 2.05) is 25.1 Å². The molecule has 0 radical (unpaired) electrons. The predicted octanol–water partition coefficient (Wildman–Crippen LogP) is 3.77. The number of fused-ring (bicyclic) bond motifs is 1. The first-order valence-electron chi connectivity index (χ1n) is 8.57. The Morgan fingerprint density at radius 2 is 2.15 bits per heavy atom. The van der Waals surface area contributed by atoms with E-state index in [4.69, 9.17) is 9.47 Å². The summed E-state index contributed by atoms with van der Waals surface area (Å²) in [6.45, 7) is 3.43. The molecule has 26 heavy (non-hydrogen) atoms. The van der Waals surface area contributed by atoms with E-state index in [0.29, 0.717) is 23.3 Å². The molecule has 4 rings (SSSR count). The summed E-state index contributed by atoms with van der Waals surface area (Å²) in [6, 6.07) is 7.14. The molecule has 1 fully saturated rings. The van der Waals surface area contributed by atoms with Crippen LogP contribution in [0.3, 0.4) is 0 Å². The molecule has 1 aliphatic rings. The van der Waals surface area contributed by atoms with E-state index in [2.05, 4.69) is 20.3 Å². The highest BCUT2D eigenvalue weighted by Gasteiger charge is 2.16. The lowest BCUT2D eigenvalue weighted by atomic mass is 10.1. The molecule has 0 saturated carbocycles. The van der Waals surface area contributed by atoms with Crippen LogP contribution in [0.25, 0.3) is 10.9 Å². The molecule has 3 heterocycles. The van der Waals surface area contributed by atoms with Gasteiger partial charge in [-0.2, -0.15) is 4.39 Å². The van der Waals surface area contributed by atoms with Crippen LogP contribution in [0.15, 0.2) is 36.8 Å². The molecule has 0 aliphatic carbocycles. The molecule has 1 aromatic carbocycles. The van der Waals surface area contributed by atoms with E-state index in [1.54, 1.807) is 0 Å². The number of ether oxygens (including phenoxy) is 2. The van der Waals surface area contributed by atoms with Gasteiger partial charge in [-0.25, -0.2) is 15.0 Å². The van der Waals surface area contributed by atoms with Crippen molar-refractivity contribution < 1.29 is 13.9 Å². The monoisotopic (exact) mass is 354 g/mol. The van der Waals surface area contributed by atoms with Crippen LogP contribution in [0, 0.1) is 12.9 Å². The number of hydrogen-bond acceptors (Lipinski definition) is 6. The molecule has 1 aliphatic heterocycles. The largest absolute Gasteiger partial charge is 0.488 e. The van der Waals surface area contributed by atoms with Gasteiger partial charge in [0, 0.05) is 23.7 Å². The van der Waals surface area contributed by atoms with Crippen molar-refractivity contribution in [1.82, 2.24) is 15.0 Å². The normalized spacial score (nSPS) is 17.2. The minimum Gasteiger partial charge on any atom is -0.488 e. The topological polar surface area (TPSA) is 69.2 Å². The lowest BCUT2D eigenvalue weighted by Crippen LogP contribution is -2.28. The highest BCUT2D eigenvalue weighted by molar-refractivity contribution is 5.89. The number of nitrogens with zero attached hydrogens (tertiary/aromatic N) is 3. The van der Waals surface area contributed by atoms with Crippen molar-refractivity contribution in [3.05, 3.63) is 48.3 Å². The minimum absolute atomic E-state index is 0.0996. The third-order valence-electron chi connectivity index (χ3n) is 4.34. The van der Waals surface area contributed by atoms with Gasteiger partial charge >= 0.3 is 0 Å². The van der Waals surface area contributed by atoms with Crippen LogP contribution < -0.4 is 10.1 Å². The fourth-order valence-electron chi connectivity index (χ4n) is 3.01. The van der Waals surface area contributed by atoms with Gasteiger partial charge in [-0.05, 0) is 43.5 Å². The van der Waals surface area contributed by atoms with E-state index < -0.39 is 5.95 Å². The molecule has 0 spiro atoms. The van der Waals surface area contributed by atoms with Gasteiger partial charge in [-0.3, -0.25) is 0 Å². The Balaban J connectivity index is 1.55. The smallest absolute Gasteiger partial charge is 0.213 e. The minimum atomic E-state index is -0.565. The summed E-state index contributed by atoms with van der Waals surface area (Å²) in [7, 11) is 0. The van der Waals surface area contributed by atoms with E-state index in [-0.39, 0.29) is 6.10 Å². The van der Waals surface area contributed by atoms with Gasteiger partial charge in [-0.15, -0.1) is 0 Å². The lowest BCUT2D eigenvalue weighted by Gasteiger charge is -2.24. The van der Waals surface area contributed by atoms with Crippen molar-refractivity contribution in [3.63, 3.8) is 0 Å². The van der Waals surface area contributed by atoms with Crippen molar-refractivity contribution in [2.45, 2.75) is 25.9 Å². The second kappa shape index (κ2) is 7.21. The summed E-state index contributed by atoms with van der Waals surface area (Å²) >= 11 is 0. The Morgan fingerprint density at radius 1 is 1.23 bits per heavy atom. The van der Waals surface area contributed by atoms with E-state index in [0.717, 1.165) is 36.4 Å². The molecule has 6 nitrogen and oxygen atoms in total. The van der Waals surface area contributed by atoms with Gasteiger partial charge in [0.2, 0.25) is 5.95 Å². The Kier molecular flexibility index (Phi) is 4.62. The van der Waals surface area contributed by atoms with Crippen LogP contribution in [-0.4, -0.2) is 34.3 Å². The van der Waals surface area contributed by atoms with Crippen LogP contribution in [-0.2, 0) is 4.74 Å². The van der Waals surface area contributed by atoms with Gasteiger partial charge in [0.05, 0.1) is 18.3 Å². The molecule has 134 valence electrons. The third-order valence-corrected chi connectivity index (χ3v) is 4.34. The quantitative estimate of drug-likeness (QED) is 0.719. The first kappa shape index (κ1) is 16.7. The summed E-state index contributed by atoms with van der Waals surface area (Å²) in [4.78, 5) is 12.0. The molecule has 0 bridgehead atoms. The Bertz CT molecular complexity index is 929. The second-order valence-corrected chi connectivity index (χ2v) is 6.31. The van der Waals surface area contributed by atoms with Crippen molar-refractivity contribution in [3.8, 4) is 5.75 Å². The van der Waals surface area contributed by atoms with E-state index >= 15 is 0 Å². The number of aromatic nitrogens is 3. The number of aryl methyl sites for hydroxylation is 1. The molecule has 3 aromatic rings. The SMILES string of the molecule is Cc1cc(Nc2ncnc3cnc(F)cc23)ccc1O[C@@H]1CCCOC1. The van der Waals surface area contributed by atoms with Gasteiger partial charge in [0.25, 0.3) is 0 Å². The van der Waals surface area contributed by atoms with Crippen molar-refractivity contribution in [2.75, 3.05) is 18.5 Å². The number of nitrogens with one attached hydrogen (secondary N) is 1. The average Bonchev–Trinajstić information content (AvgIpc) is 2.65. The molecular formula is C19H19FN4O2.